The van der Waals surface area contributed by atoms with Crippen molar-refractivity contribution in [2.75, 3.05) is 9.80 Å². The van der Waals surface area contributed by atoms with Gasteiger partial charge in [-0.3, -0.25) is 0 Å². The van der Waals surface area contributed by atoms with Crippen molar-refractivity contribution >= 4 is 99.8 Å². The van der Waals surface area contributed by atoms with Gasteiger partial charge in [0, 0.05) is 39.2 Å². The number of aromatic nitrogens is 1. The summed E-state index contributed by atoms with van der Waals surface area (Å²) in [5, 5.41) is 6.18. The Balaban J connectivity index is 1.32. The van der Waals surface area contributed by atoms with Gasteiger partial charge in [-0.15, -0.1) is 0 Å². The summed E-state index contributed by atoms with van der Waals surface area (Å²) in [4.78, 5) is 4.71. The van der Waals surface area contributed by atoms with Crippen LogP contribution in [0, 0.1) is 0 Å². The van der Waals surface area contributed by atoms with Crippen LogP contribution >= 0.6 is 0 Å². The summed E-state index contributed by atoms with van der Waals surface area (Å²) in [5.74, 6) is 0. The maximum absolute atomic E-state index is 7.13. The molecule has 59 heavy (non-hydrogen) atoms. The number of rotatable bonds is 7. The van der Waals surface area contributed by atoms with Gasteiger partial charge in [-0.1, -0.05) is 127 Å². The van der Waals surface area contributed by atoms with Gasteiger partial charge in [-0.05, 0) is 84.9 Å². The van der Waals surface area contributed by atoms with Crippen molar-refractivity contribution in [1.82, 2.24) is 4.57 Å². The molecule has 0 N–H and O–H groups in total. The molecule has 12 aromatic rings. The Morgan fingerprint density at radius 3 is 1.02 bits per heavy atom. The molecule has 0 radical (unpaired) electrons. The molecule has 0 bridgehead atoms. The number of nitrogens with zero attached hydrogens (tertiary/aromatic N) is 3. The van der Waals surface area contributed by atoms with Gasteiger partial charge in [0.05, 0.1) is 44.0 Å². The molecule has 278 valence electrons. The van der Waals surface area contributed by atoms with Crippen LogP contribution in [0.2, 0.25) is 0 Å². The fourth-order valence-electron chi connectivity index (χ4n) is 9.07. The van der Waals surface area contributed by atoms with E-state index in [9.17, 15) is 0 Å². The molecule has 0 unspecified atom stereocenters. The first-order valence-corrected chi connectivity index (χ1v) is 19.9. The summed E-state index contributed by atoms with van der Waals surface area (Å²) in [6.45, 7) is 0. The van der Waals surface area contributed by atoms with Crippen LogP contribution in [0.25, 0.3) is 71.4 Å². The molecule has 0 aliphatic carbocycles. The van der Waals surface area contributed by atoms with Gasteiger partial charge < -0.3 is 23.2 Å². The fourth-order valence-corrected chi connectivity index (χ4v) is 9.07. The van der Waals surface area contributed by atoms with Crippen LogP contribution in [0.5, 0.6) is 0 Å². The first-order valence-electron chi connectivity index (χ1n) is 19.9. The van der Waals surface area contributed by atoms with Gasteiger partial charge in [-0.2, -0.15) is 0 Å². The van der Waals surface area contributed by atoms with E-state index in [1.54, 1.807) is 0 Å². The molecule has 0 fully saturated rings. The molecule has 0 amide bonds. The minimum absolute atomic E-state index is 0.813. The van der Waals surface area contributed by atoms with Gasteiger partial charge >= 0.3 is 0 Å². The van der Waals surface area contributed by atoms with Crippen molar-refractivity contribution < 1.29 is 8.83 Å². The van der Waals surface area contributed by atoms with Gasteiger partial charge in [0.2, 0.25) is 0 Å². The molecule has 0 saturated carbocycles. The number of hydrogen-bond acceptors (Lipinski definition) is 4. The van der Waals surface area contributed by atoms with E-state index < -0.39 is 0 Å². The molecule has 5 heteroatoms. The SMILES string of the molecule is c1ccc(N(c2ccccc2)c2cc3c(c4oc5ccccc5c24)c2c4oc5ccccc5c4c(N(c4ccccc4)c4ccccc4)cc2n3-c2ccccc2)cc1. The zero-order chi connectivity index (χ0) is 38.9. The third kappa shape index (κ3) is 5.12. The molecule has 5 nitrogen and oxygen atoms in total. The molecule has 9 aromatic carbocycles. The van der Waals surface area contributed by atoms with Gasteiger partial charge in [0.25, 0.3) is 0 Å². The lowest BCUT2D eigenvalue weighted by Crippen LogP contribution is -2.10. The first-order chi connectivity index (χ1) is 29.3. The van der Waals surface area contributed by atoms with Gasteiger partial charge in [0.1, 0.15) is 22.3 Å². The number of hydrogen-bond donors (Lipinski definition) is 0. The Kier molecular flexibility index (Phi) is 7.47. The maximum atomic E-state index is 7.13. The van der Waals surface area contributed by atoms with E-state index in [1.807, 2.05) is 12.1 Å². The third-order valence-electron chi connectivity index (χ3n) is 11.5. The van der Waals surface area contributed by atoms with Crippen LogP contribution in [-0.4, -0.2) is 4.57 Å². The van der Waals surface area contributed by atoms with Gasteiger partial charge in [-0.25, -0.2) is 0 Å². The predicted molar refractivity (Wildman–Crippen MR) is 245 cm³/mol. The van der Waals surface area contributed by atoms with Crippen LogP contribution in [0.15, 0.2) is 221 Å². The van der Waals surface area contributed by atoms with Crippen LogP contribution in [0.4, 0.5) is 34.1 Å². The normalized spacial score (nSPS) is 11.7. The van der Waals surface area contributed by atoms with E-state index >= 15 is 0 Å². The highest BCUT2D eigenvalue weighted by Crippen LogP contribution is 2.53. The Hall–Kier alpha value is -8.02. The number of anilines is 6. The van der Waals surface area contributed by atoms with Crippen molar-refractivity contribution in [3.63, 3.8) is 0 Å². The van der Waals surface area contributed by atoms with Crippen molar-refractivity contribution in [2.24, 2.45) is 0 Å². The summed E-state index contributed by atoms with van der Waals surface area (Å²) in [7, 11) is 0. The second-order valence-electron chi connectivity index (χ2n) is 14.9. The second-order valence-corrected chi connectivity index (χ2v) is 14.9. The van der Waals surface area contributed by atoms with E-state index in [-0.39, 0.29) is 0 Å². The van der Waals surface area contributed by atoms with Gasteiger partial charge in [0.15, 0.2) is 0 Å². The largest absolute Gasteiger partial charge is 0.455 e. The van der Waals surface area contributed by atoms with E-state index in [2.05, 4.69) is 215 Å². The molecule has 0 saturated heterocycles. The Bertz CT molecular complexity index is 3190. The second kappa shape index (κ2) is 13.3. The average molecular weight is 758 g/mol. The smallest absolute Gasteiger partial charge is 0.147 e. The van der Waals surface area contributed by atoms with Crippen molar-refractivity contribution in [1.29, 1.82) is 0 Å². The number of benzene rings is 9. The first kappa shape index (κ1) is 33.2. The van der Waals surface area contributed by atoms with Crippen LogP contribution in [0.1, 0.15) is 0 Å². The van der Waals surface area contributed by atoms with Crippen molar-refractivity contribution in [2.45, 2.75) is 0 Å². The fraction of sp³-hybridized carbons (Fsp3) is 0. The molecular weight excluding hydrogens is 723 g/mol. The number of para-hydroxylation sites is 7. The van der Waals surface area contributed by atoms with Crippen molar-refractivity contribution in [3.05, 3.63) is 212 Å². The standard InChI is InChI=1S/C54H35N3O2/c1-6-20-36(21-7-1)55(37-22-8-2-9-23-37)43-34-45-51(53-49(43)41-30-16-18-32-47(41)58-53)52-46(57(45)40-28-14-5-15-29-40)35-44(50-42-31-17-19-33-48(42)59-54(50)52)56(38-24-10-3-11-25-38)39-26-12-4-13-27-39/h1-35H. The maximum Gasteiger partial charge on any atom is 0.147 e. The molecule has 0 aliphatic rings. The van der Waals surface area contributed by atoms with Crippen LogP contribution in [0.3, 0.4) is 0 Å². The average Bonchev–Trinajstić information content (AvgIpc) is 3.98. The zero-order valence-electron chi connectivity index (χ0n) is 31.9. The Labute approximate surface area is 339 Å². The molecular formula is C54H35N3O2. The minimum Gasteiger partial charge on any atom is -0.455 e. The quantitative estimate of drug-likeness (QED) is 0.162. The van der Waals surface area contributed by atoms with Crippen LogP contribution < -0.4 is 9.80 Å². The summed E-state index contributed by atoms with van der Waals surface area (Å²) < 4.78 is 16.7. The van der Waals surface area contributed by atoms with Crippen LogP contribution in [-0.2, 0) is 0 Å². The summed E-state index contributed by atoms with van der Waals surface area (Å²) in [6, 6.07) is 74.6. The highest BCUT2D eigenvalue weighted by molar-refractivity contribution is 6.35. The number of fused-ring (bicyclic) bond motifs is 11. The summed E-state index contributed by atoms with van der Waals surface area (Å²) in [6.07, 6.45) is 0. The zero-order valence-corrected chi connectivity index (χ0v) is 31.9. The Morgan fingerprint density at radius 1 is 0.322 bits per heavy atom. The summed E-state index contributed by atoms with van der Waals surface area (Å²) in [5.41, 5.74) is 12.6. The molecule has 12 rings (SSSR count). The summed E-state index contributed by atoms with van der Waals surface area (Å²) >= 11 is 0. The van der Waals surface area contributed by atoms with E-state index in [4.69, 9.17) is 8.83 Å². The van der Waals surface area contributed by atoms with E-state index in [1.165, 1.54) is 0 Å². The highest BCUT2D eigenvalue weighted by Gasteiger charge is 2.30. The minimum atomic E-state index is 0.813. The predicted octanol–water partition coefficient (Wildman–Crippen LogP) is 15.5. The Morgan fingerprint density at radius 2 is 0.644 bits per heavy atom. The highest BCUT2D eigenvalue weighted by atomic mass is 16.3. The molecule has 3 aromatic heterocycles. The number of furan rings is 2. The van der Waals surface area contributed by atoms with E-state index in [0.29, 0.717) is 0 Å². The third-order valence-corrected chi connectivity index (χ3v) is 11.5. The molecule has 0 spiro atoms. The van der Waals surface area contributed by atoms with Crippen molar-refractivity contribution in [3.8, 4) is 5.69 Å². The monoisotopic (exact) mass is 757 g/mol. The molecule has 0 atom stereocenters. The molecule has 0 aliphatic heterocycles. The molecule has 3 heterocycles. The lowest BCUT2D eigenvalue weighted by molar-refractivity contribution is 0.670. The lowest BCUT2D eigenvalue weighted by Gasteiger charge is -2.26. The topological polar surface area (TPSA) is 37.7 Å². The van der Waals surface area contributed by atoms with E-state index in [0.717, 1.165) is 105 Å². The lowest BCUT2D eigenvalue weighted by atomic mass is 10.0.